The monoisotopic (exact) mass is 332 g/mol. The lowest BCUT2D eigenvalue weighted by molar-refractivity contribution is 0.102. The van der Waals surface area contributed by atoms with Gasteiger partial charge in [0, 0.05) is 35.5 Å². The van der Waals surface area contributed by atoms with E-state index in [1.165, 1.54) is 0 Å². The SMILES string of the molecule is Cc1c(Br)cccc1C(=O)Nc1cccc(N(C)C)c1. The largest absolute Gasteiger partial charge is 0.378 e. The lowest BCUT2D eigenvalue weighted by atomic mass is 10.1. The number of hydrogen-bond acceptors (Lipinski definition) is 2. The Balaban J connectivity index is 2.24. The van der Waals surface area contributed by atoms with Crippen LogP contribution in [-0.4, -0.2) is 20.0 Å². The molecule has 0 aromatic heterocycles. The maximum Gasteiger partial charge on any atom is 0.255 e. The Morgan fingerprint density at radius 2 is 1.85 bits per heavy atom. The van der Waals surface area contributed by atoms with Gasteiger partial charge in [-0.2, -0.15) is 0 Å². The number of rotatable bonds is 3. The molecule has 2 aromatic rings. The number of nitrogens with zero attached hydrogens (tertiary/aromatic N) is 1. The molecule has 104 valence electrons. The van der Waals surface area contributed by atoms with Gasteiger partial charge in [-0.1, -0.05) is 28.1 Å². The number of benzene rings is 2. The minimum Gasteiger partial charge on any atom is -0.378 e. The van der Waals surface area contributed by atoms with Crippen molar-refractivity contribution in [1.29, 1.82) is 0 Å². The first-order valence-corrected chi connectivity index (χ1v) is 7.12. The van der Waals surface area contributed by atoms with E-state index in [0.717, 1.165) is 21.4 Å². The highest BCUT2D eigenvalue weighted by Gasteiger charge is 2.11. The van der Waals surface area contributed by atoms with Crippen molar-refractivity contribution in [3.63, 3.8) is 0 Å². The molecule has 0 fully saturated rings. The molecule has 0 heterocycles. The Morgan fingerprint density at radius 3 is 2.55 bits per heavy atom. The van der Waals surface area contributed by atoms with Gasteiger partial charge in [0.1, 0.15) is 0 Å². The predicted molar refractivity (Wildman–Crippen MR) is 87.6 cm³/mol. The molecule has 3 nitrogen and oxygen atoms in total. The molecule has 0 saturated heterocycles. The van der Waals surface area contributed by atoms with Gasteiger partial charge in [-0.05, 0) is 42.8 Å². The highest BCUT2D eigenvalue weighted by Crippen LogP contribution is 2.22. The third-order valence-electron chi connectivity index (χ3n) is 3.13. The molecule has 2 aromatic carbocycles. The average molecular weight is 333 g/mol. The van der Waals surface area contributed by atoms with E-state index in [4.69, 9.17) is 0 Å². The van der Waals surface area contributed by atoms with Crippen LogP contribution in [0.3, 0.4) is 0 Å². The number of amides is 1. The molecule has 0 bridgehead atoms. The molecule has 4 heteroatoms. The molecule has 0 spiro atoms. The maximum absolute atomic E-state index is 12.3. The Morgan fingerprint density at radius 1 is 1.15 bits per heavy atom. The molecule has 0 aliphatic carbocycles. The fourth-order valence-corrected chi connectivity index (χ4v) is 2.28. The molecule has 1 amide bonds. The Labute approximate surface area is 127 Å². The van der Waals surface area contributed by atoms with E-state index in [-0.39, 0.29) is 5.91 Å². The summed E-state index contributed by atoms with van der Waals surface area (Å²) in [4.78, 5) is 14.3. The normalized spacial score (nSPS) is 10.2. The third-order valence-corrected chi connectivity index (χ3v) is 3.99. The van der Waals surface area contributed by atoms with Crippen molar-refractivity contribution in [2.45, 2.75) is 6.92 Å². The average Bonchev–Trinajstić information content (AvgIpc) is 2.42. The first-order valence-electron chi connectivity index (χ1n) is 6.33. The smallest absolute Gasteiger partial charge is 0.255 e. The molecule has 0 saturated carbocycles. The van der Waals surface area contributed by atoms with Gasteiger partial charge in [0.15, 0.2) is 0 Å². The van der Waals surface area contributed by atoms with Crippen LogP contribution in [0.15, 0.2) is 46.9 Å². The van der Waals surface area contributed by atoms with Crippen molar-refractivity contribution in [3.05, 3.63) is 58.1 Å². The lowest BCUT2D eigenvalue weighted by Gasteiger charge is -2.14. The minimum absolute atomic E-state index is 0.0975. The number of hydrogen-bond donors (Lipinski definition) is 1. The van der Waals surface area contributed by atoms with Gasteiger partial charge in [0.2, 0.25) is 0 Å². The Hall–Kier alpha value is -1.81. The lowest BCUT2D eigenvalue weighted by Crippen LogP contribution is -2.14. The van der Waals surface area contributed by atoms with Crippen LogP contribution in [0.5, 0.6) is 0 Å². The van der Waals surface area contributed by atoms with E-state index >= 15 is 0 Å². The number of halogens is 1. The van der Waals surface area contributed by atoms with Crippen LogP contribution in [0, 0.1) is 6.92 Å². The van der Waals surface area contributed by atoms with Crippen LogP contribution in [-0.2, 0) is 0 Å². The van der Waals surface area contributed by atoms with Crippen LogP contribution >= 0.6 is 15.9 Å². The van der Waals surface area contributed by atoms with E-state index in [9.17, 15) is 4.79 Å². The second kappa shape index (κ2) is 6.09. The van der Waals surface area contributed by atoms with Crippen LogP contribution < -0.4 is 10.2 Å². The molecule has 20 heavy (non-hydrogen) atoms. The van der Waals surface area contributed by atoms with Crippen LogP contribution in [0.4, 0.5) is 11.4 Å². The molecule has 0 unspecified atom stereocenters. The van der Waals surface area contributed by atoms with Gasteiger partial charge < -0.3 is 10.2 Å². The summed E-state index contributed by atoms with van der Waals surface area (Å²) < 4.78 is 0.937. The summed E-state index contributed by atoms with van der Waals surface area (Å²) in [6.45, 7) is 1.93. The first kappa shape index (κ1) is 14.6. The third kappa shape index (κ3) is 3.20. The van der Waals surface area contributed by atoms with E-state index < -0.39 is 0 Å². The molecule has 1 N–H and O–H groups in total. The minimum atomic E-state index is -0.0975. The summed E-state index contributed by atoms with van der Waals surface area (Å²) in [5, 5.41) is 2.94. The molecule has 2 rings (SSSR count). The number of anilines is 2. The highest BCUT2D eigenvalue weighted by atomic mass is 79.9. The van der Waals surface area contributed by atoms with E-state index in [0.29, 0.717) is 5.56 Å². The molecule has 0 radical (unpaired) electrons. The van der Waals surface area contributed by atoms with Crippen molar-refractivity contribution in [2.75, 3.05) is 24.3 Å². The molecule has 0 atom stereocenters. The van der Waals surface area contributed by atoms with Crippen LogP contribution in [0.1, 0.15) is 15.9 Å². The van der Waals surface area contributed by atoms with Gasteiger partial charge >= 0.3 is 0 Å². The maximum atomic E-state index is 12.3. The Bertz CT molecular complexity index is 638. The van der Waals surface area contributed by atoms with Gasteiger partial charge in [-0.3, -0.25) is 4.79 Å². The Kier molecular flexibility index (Phi) is 4.45. The zero-order chi connectivity index (χ0) is 14.7. The zero-order valence-corrected chi connectivity index (χ0v) is 13.4. The van der Waals surface area contributed by atoms with E-state index in [1.807, 2.05) is 68.4 Å². The quantitative estimate of drug-likeness (QED) is 0.918. The fraction of sp³-hybridized carbons (Fsp3) is 0.188. The number of nitrogens with one attached hydrogen (secondary N) is 1. The molecule has 0 aliphatic rings. The van der Waals surface area contributed by atoms with E-state index in [2.05, 4.69) is 21.2 Å². The molecular formula is C16H17BrN2O. The topological polar surface area (TPSA) is 32.3 Å². The van der Waals surface area contributed by atoms with Gasteiger partial charge in [-0.25, -0.2) is 0 Å². The van der Waals surface area contributed by atoms with Crippen molar-refractivity contribution in [2.24, 2.45) is 0 Å². The fourth-order valence-electron chi connectivity index (χ4n) is 1.91. The molecular weight excluding hydrogens is 316 g/mol. The predicted octanol–water partition coefficient (Wildman–Crippen LogP) is 4.08. The van der Waals surface area contributed by atoms with Crippen molar-refractivity contribution in [1.82, 2.24) is 0 Å². The van der Waals surface area contributed by atoms with Crippen molar-refractivity contribution in [3.8, 4) is 0 Å². The second-order valence-electron chi connectivity index (χ2n) is 4.81. The van der Waals surface area contributed by atoms with Gasteiger partial charge in [0.05, 0.1) is 0 Å². The van der Waals surface area contributed by atoms with Crippen LogP contribution in [0.2, 0.25) is 0 Å². The first-order chi connectivity index (χ1) is 9.49. The van der Waals surface area contributed by atoms with Crippen LogP contribution in [0.25, 0.3) is 0 Å². The number of carbonyl (C=O) groups excluding carboxylic acids is 1. The number of carbonyl (C=O) groups is 1. The van der Waals surface area contributed by atoms with Crippen molar-refractivity contribution < 1.29 is 4.79 Å². The molecule has 0 aliphatic heterocycles. The van der Waals surface area contributed by atoms with Crippen molar-refractivity contribution >= 4 is 33.2 Å². The zero-order valence-electron chi connectivity index (χ0n) is 11.8. The highest BCUT2D eigenvalue weighted by molar-refractivity contribution is 9.10. The summed E-state index contributed by atoms with van der Waals surface area (Å²) >= 11 is 3.44. The standard InChI is InChI=1S/C16H17BrN2O/c1-11-14(8-5-9-15(11)17)16(20)18-12-6-4-7-13(10-12)19(2)3/h4-10H,1-3H3,(H,18,20). The summed E-state index contributed by atoms with van der Waals surface area (Å²) in [7, 11) is 3.94. The summed E-state index contributed by atoms with van der Waals surface area (Å²) in [6.07, 6.45) is 0. The summed E-state index contributed by atoms with van der Waals surface area (Å²) in [6, 6.07) is 13.4. The van der Waals surface area contributed by atoms with E-state index in [1.54, 1.807) is 0 Å². The summed E-state index contributed by atoms with van der Waals surface area (Å²) in [5.74, 6) is -0.0975. The van der Waals surface area contributed by atoms with Gasteiger partial charge in [0.25, 0.3) is 5.91 Å². The summed E-state index contributed by atoms with van der Waals surface area (Å²) in [5.41, 5.74) is 3.46. The van der Waals surface area contributed by atoms with Gasteiger partial charge in [-0.15, -0.1) is 0 Å². The second-order valence-corrected chi connectivity index (χ2v) is 5.67.